The van der Waals surface area contributed by atoms with Gasteiger partial charge in [0.1, 0.15) is 0 Å². The maximum absolute atomic E-state index is 11.9. The van der Waals surface area contributed by atoms with Crippen molar-refractivity contribution in [2.75, 3.05) is 7.11 Å². The van der Waals surface area contributed by atoms with Crippen molar-refractivity contribution in [3.63, 3.8) is 0 Å². The molecule has 0 N–H and O–H groups in total. The van der Waals surface area contributed by atoms with E-state index in [1.807, 2.05) is 35.9 Å². The molecule has 0 aliphatic carbocycles. The fourth-order valence-electron chi connectivity index (χ4n) is 2.26. The Morgan fingerprint density at radius 1 is 1.45 bits per heavy atom. The van der Waals surface area contributed by atoms with Crippen LogP contribution in [0.3, 0.4) is 0 Å². The van der Waals surface area contributed by atoms with Gasteiger partial charge in [0, 0.05) is 29.1 Å². The van der Waals surface area contributed by atoms with Crippen molar-refractivity contribution < 1.29 is 14.5 Å². The second-order valence-electron chi connectivity index (χ2n) is 4.37. The monoisotopic (exact) mass is 340 g/mol. The van der Waals surface area contributed by atoms with Gasteiger partial charge in [0.25, 0.3) is 4.95 Å². The Kier molecular flexibility index (Phi) is 4.08. The number of carbonyl (C=O) groups excluding carboxylic acids is 1. The van der Waals surface area contributed by atoms with Crippen molar-refractivity contribution in [2.45, 2.75) is 10.9 Å². The van der Waals surface area contributed by atoms with Crippen LogP contribution in [-0.4, -0.2) is 27.5 Å². The predicted molar refractivity (Wildman–Crippen MR) is 77.4 cm³/mol. The lowest BCUT2D eigenvalue weighted by atomic mass is 9.98. The summed E-state index contributed by atoms with van der Waals surface area (Å²) in [6, 6.07) is 7.43. The number of alkyl halides is 1. The highest BCUT2D eigenvalue weighted by Crippen LogP contribution is 2.33. The molecule has 2 unspecified atom stereocenters. The normalized spacial score (nSPS) is 13.9. The standard InChI is InChI=1S/C13H13BrN2O4/c1-15-7-9(8-5-3-4-6-10(8)15)11(13(17)20-2)12(14)16(18)19/h3-7,11-12H,1-2H3. The second kappa shape index (κ2) is 5.62. The van der Waals surface area contributed by atoms with Crippen molar-refractivity contribution in [3.05, 3.63) is 46.1 Å². The quantitative estimate of drug-likeness (QED) is 0.281. The summed E-state index contributed by atoms with van der Waals surface area (Å²) in [5.41, 5.74) is 1.48. The fraction of sp³-hybridized carbons (Fsp3) is 0.308. The smallest absolute Gasteiger partial charge is 0.321 e. The van der Waals surface area contributed by atoms with Crippen LogP contribution in [0, 0.1) is 10.1 Å². The summed E-state index contributed by atoms with van der Waals surface area (Å²) >= 11 is 2.97. The first-order chi connectivity index (χ1) is 9.47. The molecule has 6 nitrogen and oxygen atoms in total. The minimum absolute atomic E-state index is 0.538. The van der Waals surface area contributed by atoms with E-state index in [-0.39, 0.29) is 0 Å². The number of aryl methyl sites for hydroxylation is 1. The maximum Gasteiger partial charge on any atom is 0.321 e. The Morgan fingerprint density at radius 2 is 2.10 bits per heavy atom. The van der Waals surface area contributed by atoms with Crippen LogP contribution in [0.5, 0.6) is 0 Å². The number of esters is 1. The summed E-state index contributed by atoms with van der Waals surface area (Å²) in [4.78, 5) is 21.2. The molecule has 2 aromatic rings. The van der Waals surface area contributed by atoms with Gasteiger partial charge < -0.3 is 9.30 Å². The van der Waals surface area contributed by atoms with Gasteiger partial charge in [0.2, 0.25) is 0 Å². The summed E-state index contributed by atoms with van der Waals surface area (Å²) in [5, 5.41) is 11.8. The lowest BCUT2D eigenvalue weighted by Crippen LogP contribution is -2.28. The number of methoxy groups -OCH3 is 1. The van der Waals surface area contributed by atoms with E-state index in [1.54, 1.807) is 6.20 Å². The number of halogens is 1. The number of para-hydroxylation sites is 1. The van der Waals surface area contributed by atoms with E-state index >= 15 is 0 Å². The number of nitro groups is 1. The number of ether oxygens (including phenoxy) is 1. The van der Waals surface area contributed by atoms with Gasteiger partial charge in [-0.25, -0.2) is 0 Å². The largest absolute Gasteiger partial charge is 0.468 e. The number of fused-ring (bicyclic) bond motifs is 1. The molecule has 0 amide bonds. The van der Waals surface area contributed by atoms with Gasteiger partial charge in [-0.15, -0.1) is 0 Å². The molecule has 0 radical (unpaired) electrons. The molecular weight excluding hydrogens is 328 g/mol. The number of carbonyl (C=O) groups is 1. The summed E-state index contributed by atoms with van der Waals surface area (Å²) in [5.74, 6) is -1.64. The first kappa shape index (κ1) is 14.5. The molecule has 20 heavy (non-hydrogen) atoms. The fourth-order valence-corrected chi connectivity index (χ4v) is 2.76. The number of benzene rings is 1. The Bertz CT molecular complexity index is 667. The highest BCUT2D eigenvalue weighted by molar-refractivity contribution is 9.09. The second-order valence-corrected chi connectivity index (χ2v) is 5.31. The molecule has 1 aromatic carbocycles. The molecule has 106 valence electrons. The van der Waals surface area contributed by atoms with E-state index in [0.717, 1.165) is 10.9 Å². The lowest BCUT2D eigenvalue weighted by Gasteiger charge is -2.14. The van der Waals surface area contributed by atoms with E-state index in [2.05, 4.69) is 15.9 Å². The van der Waals surface area contributed by atoms with Crippen molar-refractivity contribution >= 4 is 32.8 Å². The highest BCUT2D eigenvalue weighted by Gasteiger charge is 2.39. The van der Waals surface area contributed by atoms with E-state index in [1.165, 1.54) is 7.11 Å². The molecule has 2 atom stereocenters. The van der Waals surface area contributed by atoms with Crippen LogP contribution in [0.1, 0.15) is 11.5 Å². The zero-order chi connectivity index (χ0) is 14.9. The Hall–Kier alpha value is -1.89. The van der Waals surface area contributed by atoms with Crippen LogP contribution < -0.4 is 0 Å². The molecule has 0 fully saturated rings. The van der Waals surface area contributed by atoms with Crippen LogP contribution >= 0.6 is 15.9 Å². The Morgan fingerprint density at radius 3 is 2.70 bits per heavy atom. The van der Waals surface area contributed by atoms with Gasteiger partial charge in [-0.05, 0) is 27.6 Å². The number of rotatable bonds is 4. The van der Waals surface area contributed by atoms with Crippen LogP contribution in [-0.2, 0) is 16.6 Å². The van der Waals surface area contributed by atoms with E-state index < -0.39 is 21.8 Å². The Labute approximate surface area is 123 Å². The van der Waals surface area contributed by atoms with E-state index in [4.69, 9.17) is 4.74 Å². The van der Waals surface area contributed by atoms with Gasteiger partial charge in [-0.3, -0.25) is 14.9 Å². The number of nitrogens with zero attached hydrogens (tertiary/aromatic N) is 2. The molecule has 0 saturated carbocycles. The van der Waals surface area contributed by atoms with Crippen LogP contribution in [0.2, 0.25) is 0 Å². The molecule has 0 aliphatic rings. The summed E-state index contributed by atoms with van der Waals surface area (Å²) in [7, 11) is 3.05. The lowest BCUT2D eigenvalue weighted by molar-refractivity contribution is -0.494. The number of hydrogen-bond acceptors (Lipinski definition) is 4. The van der Waals surface area contributed by atoms with E-state index in [0.29, 0.717) is 5.56 Å². The highest BCUT2D eigenvalue weighted by atomic mass is 79.9. The summed E-state index contributed by atoms with van der Waals surface area (Å²) < 4.78 is 6.55. The third-order valence-electron chi connectivity index (χ3n) is 3.19. The van der Waals surface area contributed by atoms with Gasteiger partial charge in [0.15, 0.2) is 5.92 Å². The van der Waals surface area contributed by atoms with Gasteiger partial charge in [0.05, 0.1) is 7.11 Å². The minimum Gasteiger partial charge on any atom is -0.468 e. The van der Waals surface area contributed by atoms with Crippen LogP contribution in [0.25, 0.3) is 10.9 Å². The zero-order valence-corrected chi connectivity index (χ0v) is 12.5. The molecule has 1 aromatic heterocycles. The van der Waals surface area contributed by atoms with Gasteiger partial charge >= 0.3 is 5.97 Å². The molecule has 0 aliphatic heterocycles. The number of hydrogen-bond donors (Lipinski definition) is 0. The van der Waals surface area contributed by atoms with Crippen molar-refractivity contribution in [3.8, 4) is 0 Å². The Balaban J connectivity index is 2.63. The molecule has 7 heteroatoms. The topological polar surface area (TPSA) is 74.4 Å². The van der Waals surface area contributed by atoms with Crippen molar-refractivity contribution in [1.29, 1.82) is 0 Å². The van der Waals surface area contributed by atoms with Gasteiger partial charge in [-0.2, -0.15) is 0 Å². The summed E-state index contributed by atoms with van der Waals surface area (Å²) in [6.07, 6.45) is 1.73. The van der Waals surface area contributed by atoms with Gasteiger partial charge in [-0.1, -0.05) is 18.2 Å². The summed E-state index contributed by atoms with van der Waals surface area (Å²) in [6.45, 7) is 0. The van der Waals surface area contributed by atoms with Crippen molar-refractivity contribution in [1.82, 2.24) is 4.57 Å². The molecule has 0 spiro atoms. The average Bonchev–Trinajstić information content (AvgIpc) is 2.76. The average molecular weight is 341 g/mol. The van der Waals surface area contributed by atoms with Crippen LogP contribution in [0.4, 0.5) is 0 Å². The zero-order valence-electron chi connectivity index (χ0n) is 10.9. The third-order valence-corrected chi connectivity index (χ3v) is 4.06. The SMILES string of the molecule is COC(=O)C(c1cn(C)c2ccccc12)C(Br)[N+](=O)[O-]. The van der Waals surface area contributed by atoms with E-state index in [9.17, 15) is 14.9 Å². The molecule has 1 heterocycles. The first-order valence-electron chi connectivity index (χ1n) is 5.86. The van der Waals surface area contributed by atoms with Crippen molar-refractivity contribution in [2.24, 2.45) is 7.05 Å². The maximum atomic E-state index is 11.9. The molecular formula is C13H13BrN2O4. The molecule has 0 saturated heterocycles. The minimum atomic E-state index is -1.24. The first-order valence-corrected chi connectivity index (χ1v) is 6.78. The number of aromatic nitrogens is 1. The third kappa shape index (κ3) is 2.40. The molecule has 2 rings (SSSR count). The van der Waals surface area contributed by atoms with Crippen LogP contribution in [0.15, 0.2) is 30.5 Å². The predicted octanol–water partition coefficient (Wildman–Crippen LogP) is 2.43. The molecule has 0 bridgehead atoms.